The molecule has 0 saturated carbocycles. The third-order valence-corrected chi connectivity index (χ3v) is 3.54. The molecule has 0 fully saturated rings. The Hall–Kier alpha value is -2.08. The summed E-state index contributed by atoms with van der Waals surface area (Å²) in [4.78, 5) is 6.58. The van der Waals surface area contributed by atoms with Gasteiger partial charge in [0.15, 0.2) is 0 Å². The van der Waals surface area contributed by atoms with Crippen LogP contribution in [0.3, 0.4) is 0 Å². The minimum atomic E-state index is -4.33. The van der Waals surface area contributed by atoms with E-state index in [-0.39, 0.29) is 0 Å². The SMILES string of the molecule is FC(F)(F)c1ccc(-c2nc(CN3CC=CCC3)co2)cc1. The Balaban J connectivity index is 1.71. The summed E-state index contributed by atoms with van der Waals surface area (Å²) in [6.45, 7) is 2.52. The lowest BCUT2D eigenvalue weighted by molar-refractivity contribution is -0.137. The maximum atomic E-state index is 12.5. The summed E-state index contributed by atoms with van der Waals surface area (Å²) in [5, 5.41) is 0. The molecule has 22 heavy (non-hydrogen) atoms. The topological polar surface area (TPSA) is 29.3 Å². The van der Waals surface area contributed by atoms with E-state index in [2.05, 4.69) is 22.0 Å². The number of alkyl halides is 3. The highest BCUT2D eigenvalue weighted by atomic mass is 19.4. The highest BCUT2D eigenvalue weighted by Gasteiger charge is 2.30. The molecule has 2 heterocycles. The van der Waals surface area contributed by atoms with Crippen LogP contribution in [0.1, 0.15) is 17.7 Å². The van der Waals surface area contributed by atoms with Gasteiger partial charge in [-0.25, -0.2) is 4.98 Å². The molecule has 116 valence electrons. The molecule has 0 amide bonds. The van der Waals surface area contributed by atoms with Gasteiger partial charge >= 0.3 is 6.18 Å². The van der Waals surface area contributed by atoms with Gasteiger partial charge in [0.25, 0.3) is 0 Å². The van der Waals surface area contributed by atoms with Gasteiger partial charge in [-0.05, 0) is 30.7 Å². The molecule has 0 spiro atoms. The van der Waals surface area contributed by atoms with E-state index in [1.807, 2.05) is 0 Å². The molecule has 2 aromatic rings. The van der Waals surface area contributed by atoms with Crippen LogP contribution in [-0.2, 0) is 12.7 Å². The molecule has 1 aliphatic heterocycles. The summed E-state index contributed by atoms with van der Waals surface area (Å²) in [7, 11) is 0. The average molecular weight is 308 g/mol. The Labute approximate surface area is 126 Å². The number of hydrogen-bond acceptors (Lipinski definition) is 3. The molecule has 0 unspecified atom stereocenters. The zero-order chi connectivity index (χ0) is 15.6. The molecule has 1 aromatic carbocycles. The fraction of sp³-hybridized carbons (Fsp3) is 0.312. The van der Waals surface area contributed by atoms with E-state index in [4.69, 9.17) is 4.42 Å². The van der Waals surface area contributed by atoms with Crippen molar-refractivity contribution in [2.75, 3.05) is 13.1 Å². The van der Waals surface area contributed by atoms with Gasteiger partial charge in [0.2, 0.25) is 5.89 Å². The first kappa shape index (κ1) is 14.8. The minimum absolute atomic E-state index is 0.344. The van der Waals surface area contributed by atoms with E-state index < -0.39 is 11.7 Å². The van der Waals surface area contributed by atoms with Crippen molar-refractivity contribution in [1.82, 2.24) is 9.88 Å². The summed E-state index contributed by atoms with van der Waals surface area (Å²) in [6.07, 6.45) is 2.50. The first-order valence-corrected chi connectivity index (χ1v) is 7.02. The van der Waals surface area contributed by atoms with Crippen molar-refractivity contribution >= 4 is 0 Å². The van der Waals surface area contributed by atoms with Crippen LogP contribution in [0, 0.1) is 0 Å². The van der Waals surface area contributed by atoms with Crippen LogP contribution in [0.4, 0.5) is 13.2 Å². The summed E-state index contributed by atoms with van der Waals surface area (Å²) in [5.74, 6) is 0.344. The highest BCUT2D eigenvalue weighted by molar-refractivity contribution is 5.53. The van der Waals surface area contributed by atoms with Gasteiger partial charge in [-0.15, -0.1) is 0 Å². The minimum Gasteiger partial charge on any atom is -0.444 e. The van der Waals surface area contributed by atoms with Crippen molar-refractivity contribution in [3.05, 3.63) is 53.9 Å². The molecule has 3 nitrogen and oxygen atoms in total. The van der Waals surface area contributed by atoms with E-state index >= 15 is 0 Å². The van der Waals surface area contributed by atoms with Crippen LogP contribution in [0.15, 0.2) is 47.1 Å². The van der Waals surface area contributed by atoms with Crippen molar-refractivity contribution in [2.24, 2.45) is 0 Å². The molecule has 1 aliphatic rings. The third-order valence-electron chi connectivity index (χ3n) is 3.54. The summed E-state index contributed by atoms with van der Waals surface area (Å²) < 4.78 is 43.0. The quantitative estimate of drug-likeness (QED) is 0.799. The third kappa shape index (κ3) is 3.39. The van der Waals surface area contributed by atoms with Crippen LogP contribution in [0.2, 0.25) is 0 Å². The van der Waals surface area contributed by atoms with E-state index in [1.54, 1.807) is 6.26 Å². The Morgan fingerprint density at radius 3 is 2.55 bits per heavy atom. The van der Waals surface area contributed by atoms with Gasteiger partial charge in [-0.3, -0.25) is 4.90 Å². The molecule has 0 bridgehead atoms. The lowest BCUT2D eigenvalue weighted by Crippen LogP contribution is -2.26. The standard InChI is InChI=1S/C16H15F3N2O/c17-16(18,19)13-6-4-12(5-7-13)15-20-14(11-22-15)10-21-8-2-1-3-9-21/h1-2,4-7,11H,3,8-10H2. The van der Waals surface area contributed by atoms with Crippen LogP contribution in [0.25, 0.3) is 11.5 Å². The van der Waals surface area contributed by atoms with Gasteiger partial charge in [-0.1, -0.05) is 12.2 Å². The predicted molar refractivity (Wildman–Crippen MR) is 76.0 cm³/mol. The first-order chi connectivity index (χ1) is 10.5. The smallest absolute Gasteiger partial charge is 0.416 e. The molecule has 0 saturated heterocycles. The molecule has 0 atom stereocenters. The number of halogens is 3. The van der Waals surface area contributed by atoms with Crippen molar-refractivity contribution < 1.29 is 17.6 Å². The Kier molecular flexibility index (Phi) is 4.02. The van der Waals surface area contributed by atoms with Gasteiger partial charge in [0, 0.05) is 25.2 Å². The van der Waals surface area contributed by atoms with E-state index in [9.17, 15) is 13.2 Å². The van der Waals surface area contributed by atoms with Crippen LogP contribution in [0.5, 0.6) is 0 Å². The highest BCUT2D eigenvalue weighted by Crippen LogP contribution is 2.30. The molecule has 1 aromatic heterocycles. The fourth-order valence-corrected chi connectivity index (χ4v) is 2.38. The summed E-state index contributed by atoms with van der Waals surface area (Å²) in [5.41, 5.74) is 0.645. The Morgan fingerprint density at radius 1 is 1.14 bits per heavy atom. The van der Waals surface area contributed by atoms with Crippen molar-refractivity contribution in [2.45, 2.75) is 19.1 Å². The molecular formula is C16H15F3N2O. The number of oxazole rings is 1. The van der Waals surface area contributed by atoms with E-state index in [0.29, 0.717) is 18.0 Å². The molecule has 3 rings (SSSR count). The second-order valence-corrected chi connectivity index (χ2v) is 5.21. The summed E-state index contributed by atoms with van der Waals surface area (Å²) >= 11 is 0. The number of rotatable bonds is 3. The summed E-state index contributed by atoms with van der Waals surface area (Å²) in [6, 6.07) is 4.83. The van der Waals surface area contributed by atoms with E-state index in [1.165, 1.54) is 12.1 Å². The van der Waals surface area contributed by atoms with Crippen molar-refractivity contribution in [3.8, 4) is 11.5 Å². The maximum Gasteiger partial charge on any atom is 0.416 e. The fourth-order valence-electron chi connectivity index (χ4n) is 2.38. The number of benzene rings is 1. The van der Waals surface area contributed by atoms with Crippen LogP contribution >= 0.6 is 0 Å². The number of aromatic nitrogens is 1. The van der Waals surface area contributed by atoms with Gasteiger partial charge in [0.1, 0.15) is 6.26 Å². The van der Waals surface area contributed by atoms with Gasteiger partial charge < -0.3 is 4.42 Å². The molecule has 0 radical (unpaired) electrons. The second kappa shape index (κ2) is 5.96. The molecule has 0 N–H and O–H groups in total. The second-order valence-electron chi connectivity index (χ2n) is 5.21. The monoisotopic (exact) mass is 308 g/mol. The lowest BCUT2D eigenvalue weighted by Gasteiger charge is -2.21. The largest absolute Gasteiger partial charge is 0.444 e. The predicted octanol–water partition coefficient (Wildman–Crippen LogP) is 4.12. The Bertz CT molecular complexity index is 659. The average Bonchev–Trinajstić information content (AvgIpc) is 2.96. The molecule has 0 aliphatic carbocycles. The van der Waals surface area contributed by atoms with Crippen LogP contribution in [-0.4, -0.2) is 23.0 Å². The zero-order valence-corrected chi connectivity index (χ0v) is 11.8. The number of nitrogens with zero attached hydrogens (tertiary/aromatic N) is 2. The molecule has 6 heteroatoms. The number of hydrogen-bond donors (Lipinski definition) is 0. The van der Waals surface area contributed by atoms with Crippen molar-refractivity contribution in [3.63, 3.8) is 0 Å². The normalized spacial score (nSPS) is 16.1. The van der Waals surface area contributed by atoms with E-state index in [0.717, 1.165) is 37.3 Å². The lowest BCUT2D eigenvalue weighted by atomic mass is 10.1. The van der Waals surface area contributed by atoms with Crippen molar-refractivity contribution in [1.29, 1.82) is 0 Å². The van der Waals surface area contributed by atoms with Gasteiger partial charge in [-0.2, -0.15) is 13.2 Å². The van der Waals surface area contributed by atoms with Gasteiger partial charge in [0.05, 0.1) is 11.3 Å². The van der Waals surface area contributed by atoms with Crippen LogP contribution < -0.4 is 0 Å². The zero-order valence-electron chi connectivity index (χ0n) is 11.8. The first-order valence-electron chi connectivity index (χ1n) is 7.02. The molecular weight excluding hydrogens is 293 g/mol. The Morgan fingerprint density at radius 2 is 1.91 bits per heavy atom. The maximum absolute atomic E-state index is 12.5.